The highest BCUT2D eigenvalue weighted by atomic mass is 19.1. The van der Waals surface area contributed by atoms with E-state index < -0.39 is 23.6 Å². The Hall–Kier alpha value is -3.58. The molecule has 0 aromatic heterocycles. The SMILES string of the molecule is O=C(NCc1ccccc1)[C@H](c1ccccc1)N1CCN(C(=O)c2cc(F)cc(F)c2)CC1. The molecule has 0 unspecified atom stereocenters. The third-order valence-corrected chi connectivity index (χ3v) is 5.75. The second kappa shape index (κ2) is 10.4. The average Bonchev–Trinajstić information content (AvgIpc) is 2.84. The van der Waals surface area contributed by atoms with Crippen LogP contribution in [0, 0.1) is 11.6 Å². The summed E-state index contributed by atoms with van der Waals surface area (Å²) >= 11 is 0. The van der Waals surface area contributed by atoms with Crippen molar-refractivity contribution in [3.8, 4) is 0 Å². The van der Waals surface area contributed by atoms with E-state index in [0.717, 1.165) is 29.3 Å². The number of nitrogens with one attached hydrogen (secondary N) is 1. The zero-order valence-electron chi connectivity index (χ0n) is 18.1. The molecule has 1 fully saturated rings. The third kappa shape index (κ3) is 5.62. The second-order valence-corrected chi connectivity index (χ2v) is 8.00. The Kier molecular flexibility index (Phi) is 7.10. The molecule has 0 bridgehead atoms. The van der Waals surface area contributed by atoms with Crippen molar-refractivity contribution in [2.75, 3.05) is 26.2 Å². The van der Waals surface area contributed by atoms with E-state index in [1.807, 2.05) is 65.6 Å². The van der Waals surface area contributed by atoms with Crippen molar-refractivity contribution in [1.82, 2.24) is 15.1 Å². The van der Waals surface area contributed by atoms with E-state index in [4.69, 9.17) is 0 Å². The zero-order chi connectivity index (χ0) is 23.2. The van der Waals surface area contributed by atoms with Crippen LogP contribution in [0.25, 0.3) is 0 Å². The fraction of sp³-hybridized carbons (Fsp3) is 0.231. The monoisotopic (exact) mass is 449 g/mol. The van der Waals surface area contributed by atoms with Crippen molar-refractivity contribution in [2.24, 2.45) is 0 Å². The molecule has 0 radical (unpaired) electrons. The van der Waals surface area contributed by atoms with Crippen LogP contribution >= 0.6 is 0 Å². The van der Waals surface area contributed by atoms with E-state index in [1.54, 1.807) is 4.90 Å². The lowest BCUT2D eigenvalue weighted by Gasteiger charge is -2.38. The topological polar surface area (TPSA) is 52.7 Å². The molecule has 7 heteroatoms. The molecule has 33 heavy (non-hydrogen) atoms. The summed E-state index contributed by atoms with van der Waals surface area (Å²) in [5.74, 6) is -2.10. The Balaban J connectivity index is 1.45. The molecule has 170 valence electrons. The molecule has 0 aliphatic carbocycles. The number of halogens is 2. The van der Waals surface area contributed by atoms with E-state index in [-0.39, 0.29) is 11.5 Å². The minimum atomic E-state index is -0.781. The summed E-state index contributed by atoms with van der Waals surface area (Å²) in [4.78, 5) is 29.5. The largest absolute Gasteiger partial charge is 0.350 e. The molecule has 1 N–H and O–H groups in total. The summed E-state index contributed by atoms with van der Waals surface area (Å²) in [6, 6.07) is 21.5. The Labute approximate surface area is 191 Å². The summed E-state index contributed by atoms with van der Waals surface area (Å²) < 4.78 is 27.1. The maximum Gasteiger partial charge on any atom is 0.254 e. The van der Waals surface area contributed by atoms with Gasteiger partial charge >= 0.3 is 0 Å². The van der Waals surface area contributed by atoms with Gasteiger partial charge in [0.25, 0.3) is 5.91 Å². The number of hydrogen-bond acceptors (Lipinski definition) is 3. The van der Waals surface area contributed by atoms with Gasteiger partial charge in [0.05, 0.1) is 0 Å². The van der Waals surface area contributed by atoms with Crippen LogP contribution in [-0.4, -0.2) is 47.8 Å². The van der Waals surface area contributed by atoms with Crippen LogP contribution in [0.1, 0.15) is 27.5 Å². The van der Waals surface area contributed by atoms with E-state index in [1.165, 1.54) is 0 Å². The fourth-order valence-corrected chi connectivity index (χ4v) is 4.09. The molecular weight excluding hydrogens is 424 g/mol. The molecule has 1 atom stereocenters. The number of nitrogens with zero attached hydrogens (tertiary/aromatic N) is 2. The summed E-state index contributed by atoms with van der Waals surface area (Å²) in [6.07, 6.45) is 0. The predicted molar refractivity (Wildman–Crippen MR) is 121 cm³/mol. The Morgan fingerprint density at radius 2 is 1.39 bits per heavy atom. The van der Waals surface area contributed by atoms with Crippen molar-refractivity contribution >= 4 is 11.8 Å². The highest BCUT2D eigenvalue weighted by Crippen LogP contribution is 2.23. The Morgan fingerprint density at radius 1 is 0.818 bits per heavy atom. The number of benzene rings is 3. The van der Waals surface area contributed by atoms with Gasteiger partial charge in [-0.2, -0.15) is 0 Å². The van der Waals surface area contributed by atoms with Crippen LogP contribution in [0.15, 0.2) is 78.9 Å². The summed E-state index contributed by atoms with van der Waals surface area (Å²) in [7, 11) is 0. The van der Waals surface area contributed by atoms with Gasteiger partial charge in [-0.25, -0.2) is 8.78 Å². The standard InChI is InChI=1S/C26H25F2N3O2/c27-22-15-21(16-23(28)17-22)26(33)31-13-11-30(12-14-31)24(20-9-5-2-6-10-20)25(32)29-18-19-7-3-1-4-8-19/h1-10,15-17,24H,11-14,18H2,(H,29,32)/t24-/m0/s1. The first-order chi connectivity index (χ1) is 16.0. The summed E-state index contributed by atoms with van der Waals surface area (Å²) in [5, 5.41) is 3.02. The number of rotatable bonds is 6. The van der Waals surface area contributed by atoms with E-state index in [9.17, 15) is 18.4 Å². The molecule has 5 nitrogen and oxygen atoms in total. The molecule has 1 saturated heterocycles. The third-order valence-electron chi connectivity index (χ3n) is 5.75. The Bertz CT molecular complexity index is 1080. The highest BCUT2D eigenvalue weighted by Gasteiger charge is 2.32. The Morgan fingerprint density at radius 3 is 2.00 bits per heavy atom. The van der Waals surface area contributed by atoms with Gasteiger partial charge in [0.15, 0.2) is 0 Å². The number of piperazine rings is 1. The van der Waals surface area contributed by atoms with Crippen molar-refractivity contribution in [3.05, 3.63) is 107 Å². The van der Waals surface area contributed by atoms with Crippen LogP contribution in [-0.2, 0) is 11.3 Å². The first kappa shape index (κ1) is 22.6. The minimum Gasteiger partial charge on any atom is -0.350 e. The molecule has 3 aromatic rings. The molecule has 1 heterocycles. The lowest BCUT2D eigenvalue weighted by molar-refractivity contribution is -0.127. The van der Waals surface area contributed by atoms with E-state index in [2.05, 4.69) is 5.32 Å². The van der Waals surface area contributed by atoms with Crippen molar-refractivity contribution in [2.45, 2.75) is 12.6 Å². The van der Waals surface area contributed by atoms with Crippen LogP contribution in [0.2, 0.25) is 0 Å². The molecular formula is C26H25F2N3O2. The molecule has 0 spiro atoms. The highest BCUT2D eigenvalue weighted by molar-refractivity contribution is 5.94. The first-order valence-electron chi connectivity index (χ1n) is 10.9. The number of hydrogen-bond donors (Lipinski definition) is 1. The minimum absolute atomic E-state index is 0.0128. The fourth-order valence-electron chi connectivity index (χ4n) is 4.09. The summed E-state index contributed by atoms with van der Waals surface area (Å²) in [6.45, 7) is 2.05. The van der Waals surface area contributed by atoms with Gasteiger partial charge in [0.1, 0.15) is 17.7 Å². The quantitative estimate of drug-likeness (QED) is 0.623. The van der Waals surface area contributed by atoms with Gasteiger partial charge in [-0.15, -0.1) is 0 Å². The molecule has 1 aliphatic rings. The van der Waals surface area contributed by atoms with Crippen molar-refractivity contribution in [3.63, 3.8) is 0 Å². The van der Waals surface area contributed by atoms with Gasteiger partial charge in [-0.3, -0.25) is 14.5 Å². The normalized spacial score (nSPS) is 15.2. The van der Waals surface area contributed by atoms with Gasteiger partial charge in [0.2, 0.25) is 5.91 Å². The van der Waals surface area contributed by atoms with E-state index in [0.29, 0.717) is 32.7 Å². The van der Waals surface area contributed by atoms with Crippen molar-refractivity contribution < 1.29 is 18.4 Å². The van der Waals surface area contributed by atoms with Gasteiger partial charge < -0.3 is 10.2 Å². The number of carbonyl (C=O) groups excluding carboxylic acids is 2. The van der Waals surface area contributed by atoms with Crippen LogP contribution in [0.3, 0.4) is 0 Å². The molecule has 4 rings (SSSR count). The summed E-state index contributed by atoms with van der Waals surface area (Å²) in [5.41, 5.74) is 1.87. The molecule has 3 aromatic carbocycles. The second-order valence-electron chi connectivity index (χ2n) is 8.00. The number of carbonyl (C=O) groups is 2. The average molecular weight is 450 g/mol. The molecule has 2 amide bonds. The molecule has 0 saturated carbocycles. The first-order valence-corrected chi connectivity index (χ1v) is 10.9. The lowest BCUT2D eigenvalue weighted by Crippen LogP contribution is -2.52. The van der Waals surface area contributed by atoms with E-state index >= 15 is 0 Å². The van der Waals surface area contributed by atoms with Crippen LogP contribution in [0.5, 0.6) is 0 Å². The van der Waals surface area contributed by atoms with Gasteiger partial charge in [-0.05, 0) is 23.3 Å². The van der Waals surface area contributed by atoms with Gasteiger partial charge in [0, 0.05) is 44.4 Å². The van der Waals surface area contributed by atoms with Crippen LogP contribution in [0.4, 0.5) is 8.78 Å². The maximum atomic E-state index is 13.5. The van der Waals surface area contributed by atoms with Crippen molar-refractivity contribution in [1.29, 1.82) is 0 Å². The zero-order valence-corrected chi connectivity index (χ0v) is 18.1. The van der Waals surface area contributed by atoms with Gasteiger partial charge in [-0.1, -0.05) is 60.7 Å². The molecule has 1 aliphatic heterocycles. The predicted octanol–water partition coefficient (Wildman–Crippen LogP) is 3.78. The lowest BCUT2D eigenvalue weighted by atomic mass is 10.0. The maximum absolute atomic E-state index is 13.5. The smallest absolute Gasteiger partial charge is 0.254 e. The van der Waals surface area contributed by atoms with Crippen LogP contribution < -0.4 is 5.32 Å². The number of amides is 2.